The molecule has 1 unspecified atom stereocenters. The topological polar surface area (TPSA) is 12.0 Å². The lowest BCUT2D eigenvalue weighted by molar-refractivity contribution is 0.416. The van der Waals surface area contributed by atoms with E-state index in [-0.39, 0.29) is 12.1 Å². The molecule has 0 bridgehead atoms. The molecular weight excluding hydrogens is 268 g/mol. The molecule has 3 heteroatoms. The highest BCUT2D eigenvalue weighted by Gasteiger charge is 2.18. The van der Waals surface area contributed by atoms with Crippen molar-refractivity contribution in [3.05, 3.63) is 34.9 Å². The highest BCUT2D eigenvalue weighted by Crippen LogP contribution is 2.26. The summed E-state index contributed by atoms with van der Waals surface area (Å²) in [5.41, 5.74) is 1.10. The van der Waals surface area contributed by atoms with Crippen LogP contribution >= 0.6 is 0 Å². The number of unbranched alkanes of at least 4 members (excludes halogenated alkanes) is 4. The summed E-state index contributed by atoms with van der Waals surface area (Å²) in [6, 6.07) is 2.90. The van der Waals surface area contributed by atoms with Gasteiger partial charge >= 0.3 is 0 Å². The lowest BCUT2D eigenvalue weighted by Crippen LogP contribution is -2.29. The molecule has 0 aromatic heterocycles. The number of benzene rings is 1. The van der Waals surface area contributed by atoms with Gasteiger partial charge in [0.25, 0.3) is 0 Å². The first-order valence-corrected chi connectivity index (χ1v) is 8.17. The van der Waals surface area contributed by atoms with Crippen molar-refractivity contribution in [2.45, 2.75) is 78.3 Å². The Hall–Kier alpha value is -0.960. The third kappa shape index (κ3) is 6.13. The van der Waals surface area contributed by atoms with E-state index < -0.39 is 11.6 Å². The number of nitrogens with one attached hydrogen (secondary N) is 1. The van der Waals surface area contributed by atoms with Crippen LogP contribution < -0.4 is 5.32 Å². The SMILES string of the molecule is CCCCCCCC(NC(C)C)c1cc(C)c(F)cc1F. The zero-order valence-electron chi connectivity index (χ0n) is 13.8. The lowest BCUT2D eigenvalue weighted by Gasteiger charge is -2.23. The van der Waals surface area contributed by atoms with Crippen molar-refractivity contribution in [1.82, 2.24) is 5.32 Å². The molecule has 1 nitrogen and oxygen atoms in total. The van der Waals surface area contributed by atoms with Crippen molar-refractivity contribution in [3.8, 4) is 0 Å². The minimum atomic E-state index is -0.470. The monoisotopic (exact) mass is 297 g/mol. The van der Waals surface area contributed by atoms with Gasteiger partial charge in [-0.2, -0.15) is 0 Å². The maximum atomic E-state index is 14.1. The molecule has 0 saturated heterocycles. The molecule has 0 spiro atoms. The van der Waals surface area contributed by atoms with Gasteiger partial charge in [-0.15, -0.1) is 0 Å². The molecule has 1 atom stereocenters. The van der Waals surface area contributed by atoms with Crippen LogP contribution in [-0.4, -0.2) is 6.04 Å². The first-order chi connectivity index (χ1) is 9.95. The van der Waals surface area contributed by atoms with E-state index in [1.807, 2.05) is 0 Å². The van der Waals surface area contributed by atoms with Gasteiger partial charge in [-0.1, -0.05) is 52.9 Å². The molecule has 0 radical (unpaired) electrons. The van der Waals surface area contributed by atoms with Crippen LogP contribution in [0.15, 0.2) is 12.1 Å². The summed E-state index contributed by atoms with van der Waals surface area (Å²) in [5, 5.41) is 3.41. The van der Waals surface area contributed by atoms with Crippen molar-refractivity contribution < 1.29 is 8.78 Å². The second-order valence-corrected chi connectivity index (χ2v) is 6.20. The Morgan fingerprint density at radius 1 is 1.00 bits per heavy atom. The van der Waals surface area contributed by atoms with Crippen molar-refractivity contribution in [2.75, 3.05) is 0 Å². The van der Waals surface area contributed by atoms with Gasteiger partial charge < -0.3 is 5.32 Å². The summed E-state index contributed by atoms with van der Waals surface area (Å²) < 4.78 is 27.5. The van der Waals surface area contributed by atoms with E-state index in [0.29, 0.717) is 11.1 Å². The van der Waals surface area contributed by atoms with E-state index in [4.69, 9.17) is 0 Å². The fourth-order valence-electron chi connectivity index (χ4n) is 2.63. The zero-order chi connectivity index (χ0) is 15.8. The summed E-state index contributed by atoms with van der Waals surface area (Å²) in [7, 11) is 0. The molecule has 0 aliphatic rings. The Kier molecular flexibility index (Phi) is 7.87. The maximum absolute atomic E-state index is 14.1. The lowest BCUT2D eigenvalue weighted by atomic mass is 9.97. The predicted molar refractivity (Wildman–Crippen MR) is 85.5 cm³/mol. The second kappa shape index (κ2) is 9.14. The summed E-state index contributed by atoms with van der Waals surface area (Å²) in [6.07, 6.45) is 6.84. The highest BCUT2D eigenvalue weighted by molar-refractivity contribution is 5.28. The molecule has 120 valence electrons. The van der Waals surface area contributed by atoms with E-state index >= 15 is 0 Å². The zero-order valence-corrected chi connectivity index (χ0v) is 13.8. The summed E-state index contributed by atoms with van der Waals surface area (Å²) in [5.74, 6) is -0.910. The summed E-state index contributed by atoms with van der Waals surface area (Å²) >= 11 is 0. The van der Waals surface area contributed by atoms with Gasteiger partial charge in [-0.25, -0.2) is 8.78 Å². The van der Waals surface area contributed by atoms with Gasteiger partial charge in [-0.3, -0.25) is 0 Å². The molecular formula is C18H29F2N. The molecule has 0 amide bonds. The Morgan fingerprint density at radius 3 is 2.29 bits per heavy atom. The van der Waals surface area contributed by atoms with Gasteiger partial charge in [0.1, 0.15) is 11.6 Å². The fraction of sp³-hybridized carbons (Fsp3) is 0.667. The smallest absolute Gasteiger partial charge is 0.130 e. The second-order valence-electron chi connectivity index (χ2n) is 6.20. The standard InChI is InChI=1S/C18H29F2N/c1-5-6-7-8-9-10-18(21-13(2)3)15-11-14(4)16(19)12-17(15)20/h11-13,18,21H,5-10H2,1-4H3. The van der Waals surface area contributed by atoms with Crippen molar-refractivity contribution in [1.29, 1.82) is 0 Å². The molecule has 0 saturated carbocycles. The Balaban J connectivity index is 2.75. The van der Waals surface area contributed by atoms with Crippen LogP contribution in [0.3, 0.4) is 0 Å². The van der Waals surface area contributed by atoms with Crippen molar-refractivity contribution in [2.24, 2.45) is 0 Å². The molecule has 0 heterocycles. The third-order valence-electron chi connectivity index (χ3n) is 3.78. The normalized spacial score (nSPS) is 12.9. The van der Waals surface area contributed by atoms with Crippen LogP contribution in [0.2, 0.25) is 0 Å². The van der Waals surface area contributed by atoms with E-state index in [0.717, 1.165) is 18.9 Å². The predicted octanol–water partition coefficient (Wildman–Crippen LogP) is 5.67. The molecule has 21 heavy (non-hydrogen) atoms. The van der Waals surface area contributed by atoms with E-state index in [1.165, 1.54) is 25.7 Å². The Morgan fingerprint density at radius 2 is 1.67 bits per heavy atom. The van der Waals surface area contributed by atoms with Crippen molar-refractivity contribution >= 4 is 0 Å². The largest absolute Gasteiger partial charge is 0.308 e. The number of hydrogen-bond donors (Lipinski definition) is 1. The first kappa shape index (κ1) is 18.1. The molecule has 1 rings (SSSR count). The van der Waals surface area contributed by atoms with Crippen LogP contribution in [-0.2, 0) is 0 Å². The van der Waals surface area contributed by atoms with Gasteiger partial charge in [0.05, 0.1) is 0 Å². The van der Waals surface area contributed by atoms with Crippen LogP contribution in [0.5, 0.6) is 0 Å². The fourth-order valence-corrected chi connectivity index (χ4v) is 2.63. The van der Waals surface area contributed by atoms with Gasteiger partial charge in [0.15, 0.2) is 0 Å². The molecule has 1 aromatic carbocycles. The average Bonchev–Trinajstić information content (AvgIpc) is 2.41. The molecule has 1 N–H and O–H groups in total. The molecule has 0 fully saturated rings. The Bertz CT molecular complexity index is 429. The first-order valence-electron chi connectivity index (χ1n) is 8.17. The molecule has 0 aliphatic carbocycles. The third-order valence-corrected chi connectivity index (χ3v) is 3.78. The van der Waals surface area contributed by atoms with Gasteiger partial charge in [0, 0.05) is 23.7 Å². The Labute approximate surface area is 128 Å². The van der Waals surface area contributed by atoms with E-state index in [1.54, 1.807) is 13.0 Å². The minimum Gasteiger partial charge on any atom is -0.308 e. The number of aryl methyl sites for hydroxylation is 1. The maximum Gasteiger partial charge on any atom is 0.130 e. The number of hydrogen-bond acceptors (Lipinski definition) is 1. The van der Waals surface area contributed by atoms with Gasteiger partial charge in [0.2, 0.25) is 0 Å². The number of rotatable bonds is 9. The minimum absolute atomic E-state index is 0.0362. The average molecular weight is 297 g/mol. The summed E-state index contributed by atoms with van der Waals surface area (Å²) in [4.78, 5) is 0. The van der Waals surface area contributed by atoms with E-state index in [2.05, 4.69) is 26.1 Å². The van der Waals surface area contributed by atoms with Crippen LogP contribution in [0.25, 0.3) is 0 Å². The van der Waals surface area contributed by atoms with Crippen LogP contribution in [0.4, 0.5) is 8.78 Å². The van der Waals surface area contributed by atoms with Crippen LogP contribution in [0.1, 0.15) is 76.5 Å². The van der Waals surface area contributed by atoms with Crippen LogP contribution in [0, 0.1) is 18.6 Å². The molecule has 1 aromatic rings. The van der Waals surface area contributed by atoms with Crippen molar-refractivity contribution in [3.63, 3.8) is 0 Å². The molecule has 0 aliphatic heterocycles. The summed E-state index contributed by atoms with van der Waals surface area (Å²) in [6.45, 7) is 7.99. The van der Waals surface area contributed by atoms with Gasteiger partial charge in [-0.05, 0) is 25.0 Å². The quantitative estimate of drug-likeness (QED) is 0.579. The number of halogens is 2. The van der Waals surface area contributed by atoms with E-state index in [9.17, 15) is 8.78 Å². The highest BCUT2D eigenvalue weighted by atomic mass is 19.1.